The van der Waals surface area contributed by atoms with E-state index in [9.17, 15) is 14.0 Å². The van der Waals surface area contributed by atoms with E-state index in [0.29, 0.717) is 36.6 Å². The second-order valence-corrected chi connectivity index (χ2v) is 7.13. The maximum Gasteiger partial charge on any atom is 0.236 e. The summed E-state index contributed by atoms with van der Waals surface area (Å²) in [7, 11) is 0. The zero-order valence-electron chi connectivity index (χ0n) is 13.9. The minimum absolute atomic E-state index is 0.149. The van der Waals surface area contributed by atoms with Gasteiger partial charge in [-0.3, -0.25) is 9.59 Å². The molecule has 0 bridgehead atoms. The Kier molecular flexibility index (Phi) is 4.29. The van der Waals surface area contributed by atoms with E-state index in [0.717, 1.165) is 11.1 Å². The molecule has 6 heteroatoms. The number of halogens is 2. The van der Waals surface area contributed by atoms with Crippen molar-refractivity contribution in [2.75, 3.05) is 13.2 Å². The lowest BCUT2D eigenvalue weighted by molar-refractivity contribution is -0.127. The number of ketones is 1. The monoisotopic (exact) mass is 373 g/mol. The zero-order chi connectivity index (χ0) is 18.3. The lowest BCUT2D eigenvalue weighted by atomic mass is 9.81. The molecule has 1 spiro atoms. The second-order valence-electron chi connectivity index (χ2n) is 6.72. The molecule has 26 heavy (non-hydrogen) atoms. The van der Waals surface area contributed by atoms with Crippen LogP contribution in [0, 0.1) is 5.82 Å². The third kappa shape index (κ3) is 2.81. The number of carbonyl (C=O) groups is 2. The Morgan fingerprint density at radius 3 is 2.38 bits per heavy atom. The average Bonchev–Trinajstić information content (AvgIpc) is 2.87. The van der Waals surface area contributed by atoms with Crippen LogP contribution in [0.2, 0.25) is 5.02 Å². The van der Waals surface area contributed by atoms with E-state index in [4.69, 9.17) is 16.3 Å². The van der Waals surface area contributed by atoms with Crippen molar-refractivity contribution >= 4 is 23.3 Å². The van der Waals surface area contributed by atoms with E-state index in [1.165, 1.54) is 12.1 Å². The molecule has 2 fully saturated rings. The summed E-state index contributed by atoms with van der Waals surface area (Å²) in [5.41, 5.74) is 1.20. The Labute approximate surface area is 155 Å². The van der Waals surface area contributed by atoms with Gasteiger partial charge in [-0.2, -0.15) is 0 Å². The fraction of sp³-hybridized carbons (Fsp3) is 0.300. The molecule has 4 rings (SSSR count). The molecule has 2 heterocycles. The summed E-state index contributed by atoms with van der Waals surface area (Å²) in [4.78, 5) is 25.7. The van der Waals surface area contributed by atoms with Gasteiger partial charge in [-0.15, -0.1) is 0 Å². The van der Waals surface area contributed by atoms with Crippen molar-refractivity contribution < 1.29 is 18.7 Å². The number of amides is 1. The topological polar surface area (TPSA) is 55.4 Å². The SMILES string of the molecule is O=C1NC2(CCOCC2)C(=O)C1c1cc(-c2ccc(F)cc2)ccc1Cl. The van der Waals surface area contributed by atoms with E-state index in [2.05, 4.69) is 5.32 Å². The molecule has 0 aliphatic carbocycles. The quantitative estimate of drug-likeness (QED) is 0.820. The molecular formula is C20H17ClFNO3. The minimum Gasteiger partial charge on any atom is -0.381 e. The fourth-order valence-electron chi connectivity index (χ4n) is 3.73. The summed E-state index contributed by atoms with van der Waals surface area (Å²) >= 11 is 6.33. The van der Waals surface area contributed by atoms with Crippen molar-refractivity contribution in [3.05, 3.63) is 58.9 Å². The van der Waals surface area contributed by atoms with Gasteiger partial charge in [0, 0.05) is 31.1 Å². The Morgan fingerprint density at radius 1 is 1.04 bits per heavy atom. The lowest BCUT2D eigenvalue weighted by Gasteiger charge is -2.31. The van der Waals surface area contributed by atoms with Crippen molar-refractivity contribution in [3.63, 3.8) is 0 Å². The standard InChI is InChI=1S/C20H17ClFNO3/c21-16-6-3-13(12-1-4-14(22)5-2-12)11-15(16)17-18(24)20(23-19(17)25)7-9-26-10-8-20/h1-6,11,17H,7-10H2,(H,23,25). The van der Waals surface area contributed by atoms with Crippen molar-refractivity contribution in [3.8, 4) is 11.1 Å². The molecule has 2 saturated heterocycles. The number of benzene rings is 2. The van der Waals surface area contributed by atoms with Crippen molar-refractivity contribution in [2.24, 2.45) is 0 Å². The third-order valence-corrected chi connectivity index (χ3v) is 5.53. The van der Waals surface area contributed by atoms with Gasteiger partial charge < -0.3 is 10.1 Å². The first-order valence-corrected chi connectivity index (χ1v) is 8.87. The van der Waals surface area contributed by atoms with E-state index < -0.39 is 11.5 Å². The van der Waals surface area contributed by atoms with E-state index in [1.807, 2.05) is 0 Å². The minimum atomic E-state index is -0.930. The van der Waals surface area contributed by atoms with Crippen LogP contribution < -0.4 is 5.32 Å². The molecule has 4 nitrogen and oxygen atoms in total. The normalized spacial score (nSPS) is 21.8. The Morgan fingerprint density at radius 2 is 1.69 bits per heavy atom. The molecule has 1 unspecified atom stereocenters. The first-order chi connectivity index (χ1) is 12.5. The molecule has 1 atom stereocenters. The highest BCUT2D eigenvalue weighted by molar-refractivity contribution is 6.33. The van der Waals surface area contributed by atoms with Gasteiger partial charge in [0.2, 0.25) is 5.91 Å². The van der Waals surface area contributed by atoms with Gasteiger partial charge in [-0.1, -0.05) is 29.8 Å². The second kappa shape index (κ2) is 6.49. The predicted octanol–water partition coefficient (Wildman–Crippen LogP) is 3.48. The van der Waals surface area contributed by atoms with E-state index >= 15 is 0 Å². The zero-order valence-corrected chi connectivity index (χ0v) is 14.7. The fourth-order valence-corrected chi connectivity index (χ4v) is 3.95. The van der Waals surface area contributed by atoms with Crippen LogP contribution in [0.25, 0.3) is 11.1 Å². The molecule has 2 aliphatic rings. The van der Waals surface area contributed by atoms with Gasteiger partial charge in [0.1, 0.15) is 17.3 Å². The van der Waals surface area contributed by atoms with Crippen molar-refractivity contribution in [1.82, 2.24) is 5.32 Å². The Bertz CT molecular complexity index is 875. The summed E-state index contributed by atoms with van der Waals surface area (Å²) in [5, 5.41) is 3.25. The molecule has 1 amide bonds. The first kappa shape index (κ1) is 17.2. The molecule has 2 aromatic rings. The summed E-state index contributed by atoms with van der Waals surface area (Å²) < 4.78 is 18.5. The molecular weight excluding hydrogens is 357 g/mol. The van der Waals surface area contributed by atoms with Crippen LogP contribution >= 0.6 is 11.6 Å². The van der Waals surface area contributed by atoms with E-state index in [-0.39, 0.29) is 17.5 Å². The number of rotatable bonds is 2. The van der Waals surface area contributed by atoms with Crippen LogP contribution in [0.5, 0.6) is 0 Å². The molecule has 134 valence electrons. The highest BCUT2D eigenvalue weighted by Gasteiger charge is 2.53. The number of nitrogens with one attached hydrogen (secondary N) is 1. The van der Waals surface area contributed by atoms with Crippen LogP contribution in [-0.4, -0.2) is 30.4 Å². The average molecular weight is 374 g/mol. The van der Waals surface area contributed by atoms with Crippen molar-refractivity contribution in [2.45, 2.75) is 24.3 Å². The highest BCUT2D eigenvalue weighted by atomic mass is 35.5. The Balaban J connectivity index is 1.73. The van der Waals surface area contributed by atoms with Crippen LogP contribution in [-0.2, 0) is 14.3 Å². The van der Waals surface area contributed by atoms with Gasteiger partial charge >= 0.3 is 0 Å². The Hall–Kier alpha value is -2.24. The maximum atomic E-state index is 13.2. The van der Waals surface area contributed by atoms with Gasteiger partial charge in [-0.25, -0.2) is 4.39 Å². The number of ether oxygens (including phenoxy) is 1. The molecule has 0 saturated carbocycles. The summed E-state index contributed by atoms with van der Waals surface area (Å²) in [6.45, 7) is 0.893. The molecule has 2 aromatic carbocycles. The molecule has 2 aliphatic heterocycles. The number of Topliss-reactive ketones (excluding diaryl/α,β-unsaturated/α-hetero) is 1. The largest absolute Gasteiger partial charge is 0.381 e. The third-order valence-electron chi connectivity index (χ3n) is 5.19. The molecule has 0 aromatic heterocycles. The smallest absolute Gasteiger partial charge is 0.236 e. The summed E-state index contributed by atoms with van der Waals surface area (Å²) in [5.74, 6) is -1.73. The summed E-state index contributed by atoms with van der Waals surface area (Å²) in [6, 6.07) is 11.3. The predicted molar refractivity (Wildman–Crippen MR) is 95.5 cm³/mol. The number of carbonyl (C=O) groups excluding carboxylic acids is 2. The van der Waals surface area contributed by atoms with Gasteiger partial charge in [0.25, 0.3) is 0 Å². The highest BCUT2D eigenvalue weighted by Crippen LogP contribution is 2.39. The maximum absolute atomic E-state index is 13.2. The van der Waals surface area contributed by atoms with Crippen LogP contribution in [0.3, 0.4) is 0 Å². The van der Waals surface area contributed by atoms with Crippen LogP contribution in [0.1, 0.15) is 24.3 Å². The molecule has 1 N–H and O–H groups in total. The summed E-state index contributed by atoms with van der Waals surface area (Å²) in [6.07, 6.45) is 0.951. The van der Waals surface area contributed by atoms with Crippen LogP contribution in [0.15, 0.2) is 42.5 Å². The lowest BCUT2D eigenvalue weighted by Crippen LogP contribution is -2.50. The van der Waals surface area contributed by atoms with Crippen molar-refractivity contribution in [1.29, 1.82) is 0 Å². The van der Waals surface area contributed by atoms with Crippen LogP contribution in [0.4, 0.5) is 4.39 Å². The number of hydrogen-bond acceptors (Lipinski definition) is 3. The molecule has 0 radical (unpaired) electrons. The van der Waals surface area contributed by atoms with Gasteiger partial charge in [0.05, 0.1) is 0 Å². The van der Waals surface area contributed by atoms with Gasteiger partial charge in [-0.05, 0) is 41.0 Å². The first-order valence-electron chi connectivity index (χ1n) is 8.50. The van der Waals surface area contributed by atoms with Gasteiger partial charge in [0.15, 0.2) is 5.78 Å². The number of hydrogen-bond donors (Lipinski definition) is 1. The van der Waals surface area contributed by atoms with E-state index in [1.54, 1.807) is 30.3 Å².